The fourth-order valence-corrected chi connectivity index (χ4v) is 3.30. The van der Waals surface area contributed by atoms with E-state index in [0.29, 0.717) is 45.7 Å². The maximum atomic E-state index is 12.4. The van der Waals surface area contributed by atoms with Gasteiger partial charge in [0.05, 0.1) is 12.8 Å². The molecule has 0 spiro atoms. The lowest BCUT2D eigenvalue weighted by atomic mass is 10.2. The fourth-order valence-electron chi connectivity index (χ4n) is 2.77. The minimum Gasteiger partial charge on any atom is -0.494 e. The van der Waals surface area contributed by atoms with E-state index in [4.69, 9.17) is 27.9 Å². The molecule has 1 saturated heterocycles. The minimum atomic E-state index is -0.337. The van der Waals surface area contributed by atoms with Gasteiger partial charge in [0.25, 0.3) is 5.91 Å². The van der Waals surface area contributed by atoms with E-state index >= 15 is 0 Å². The second kappa shape index (κ2) is 7.33. The number of nitrogens with zero attached hydrogens (tertiary/aromatic N) is 1. The number of hydrogen-bond acceptors (Lipinski definition) is 3. The van der Waals surface area contributed by atoms with Crippen LogP contribution in [0.1, 0.15) is 23.2 Å². The summed E-state index contributed by atoms with van der Waals surface area (Å²) in [5.41, 5.74) is 1.61. The third-order valence-electron chi connectivity index (χ3n) is 3.93. The highest BCUT2D eigenvalue weighted by Gasteiger charge is 2.24. The zero-order chi connectivity index (χ0) is 18.0. The summed E-state index contributed by atoms with van der Waals surface area (Å²) in [5.74, 6) is 0.261. The third-order valence-corrected chi connectivity index (χ3v) is 4.36. The maximum absolute atomic E-state index is 12.4. The number of ether oxygens (including phenoxy) is 1. The van der Waals surface area contributed by atoms with Crippen LogP contribution < -0.4 is 15.0 Å². The van der Waals surface area contributed by atoms with Crippen LogP contribution in [-0.4, -0.2) is 25.5 Å². The molecule has 1 N–H and O–H groups in total. The molecule has 0 aromatic heterocycles. The van der Waals surface area contributed by atoms with Gasteiger partial charge in [0.15, 0.2) is 0 Å². The molecule has 2 aromatic rings. The van der Waals surface area contributed by atoms with Gasteiger partial charge in [-0.15, -0.1) is 0 Å². The molecule has 0 aliphatic carbocycles. The summed E-state index contributed by atoms with van der Waals surface area (Å²) in [6.07, 6.45) is 1.37. The molecule has 0 bridgehead atoms. The van der Waals surface area contributed by atoms with Gasteiger partial charge in [-0.05, 0) is 36.8 Å². The number of amides is 2. The van der Waals surface area contributed by atoms with Gasteiger partial charge in [-0.25, -0.2) is 0 Å². The molecule has 1 heterocycles. The molecular weight excluding hydrogens is 363 g/mol. The smallest absolute Gasteiger partial charge is 0.255 e. The van der Waals surface area contributed by atoms with E-state index in [1.165, 1.54) is 19.2 Å². The largest absolute Gasteiger partial charge is 0.494 e. The lowest BCUT2D eigenvalue weighted by molar-refractivity contribution is -0.117. The predicted octanol–water partition coefficient (Wildman–Crippen LogP) is 4.38. The van der Waals surface area contributed by atoms with E-state index < -0.39 is 0 Å². The van der Waals surface area contributed by atoms with Crippen molar-refractivity contribution in [2.75, 3.05) is 23.9 Å². The molecule has 1 aliphatic heterocycles. The van der Waals surface area contributed by atoms with Gasteiger partial charge in [0.1, 0.15) is 5.75 Å². The molecular formula is C18H16Cl2N2O3. The van der Waals surface area contributed by atoms with Crippen LogP contribution in [0.15, 0.2) is 36.4 Å². The first-order valence-corrected chi connectivity index (χ1v) is 8.49. The second-order valence-electron chi connectivity index (χ2n) is 5.65. The molecule has 0 saturated carbocycles. The van der Waals surface area contributed by atoms with Crippen molar-refractivity contribution in [2.24, 2.45) is 0 Å². The summed E-state index contributed by atoms with van der Waals surface area (Å²) in [4.78, 5) is 26.0. The molecule has 3 rings (SSSR count). The lowest BCUT2D eigenvalue weighted by Crippen LogP contribution is -2.24. The first kappa shape index (κ1) is 17.6. The number of rotatable bonds is 4. The van der Waals surface area contributed by atoms with Crippen LogP contribution in [0.5, 0.6) is 5.75 Å². The average molecular weight is 379 g/mol. The second-order valence-corrected chi connectivity index (χ2v) is 6.52. The van der Waals surface area contributed by atoms with Crippen LogP contribution in [0, 0.1) is 0 Å². The van der Waals surface area contributed by atoms with Crippen molar-refractivity contribution in [3.63, 3.8) is 0 Å². The topological polar surface area (TPSA) is 58.6 Å². The van der Waals surface area contributed by atoms with Crippen molar-refractivity contribution < 1.29 is 14.3 Å². The standard InChI is InChI=1S/C18H16Cl2N2O3/c1-25-16-10-14(4-5-15(16)22-6-2-3-17(22)23)21-18(24)11-7-12(19)9-13(20)8-11/h4-5,7-10H,2-3,6H2,1H3,(H,21,24). The summed E-state index contributed by atoms with van der Waals surface area (Å²) >= 11 is 11.9. The molecule has 5 nitrogen and oxygen atoms in total. The van der Waals surface area contributed by atoms with Gasteiger partial charge in [0.2, 0.25) is 5.91 Å². The summed E-state index contributed by atoms with van der Waals surface area (Å²) in [5, 5.41) is 3.55. The van der Waals surface area contributed by atoms with Gasteiger partial charge < -0.3 is 15.0 Å². The van der Waals surface area contributed by atoms with Crippen LogP contribution in [-0.2, 0) is 4.79 Å². The van der Waals surface area contributed by atoms with Crippen molar-refractivity contribution in [1.29, 1.82) is 0 Å². The van der Waals surface area contributed by atoms with Crippen molar-refractivity contribution in [1.82, 2.24) is 0 Å². The van der Waals surface area contributed by atoms with Crippen molar-refractivity contribution in [2.45, 2.75) is 12.8 Å². The summed E-state index contributed by atoms with van der Waals surface area (Å²) in [7, 11) is 1.53. The number of methoxy groups -OCH3 is 1. The number of carbonyl (C=O) groups excluding carboxylic acids is 2. The van der Waals surface area contributed by atoms with Crippen molar-refractivity contribution in [3.05, 3.63) is 52.0 Å². The first-order chi connectivity index (χ1) is 12.0. The Bertz CT molecular complexity index is 819. The van der Waals surface area contributed by atoms with E-state index in [1.807, 2.05) is 0 Å². The van der Waals surface area contributed by atoms with Crippen LogP contribution in [0.3, 0.4) is 0 Å². The zero-order valence-corrected chi connectivity index (χ0v) is 15.0. The van der Waals surface area contributed by atoms with Crippen molar-refractivity contribution in [3.8, 4) is 5.75 Å². The van der Waals surface area contributed by atoms with Crippen molar-refractivity contribution >= 4 is 46.4 Å². The molecule has 2 aromatic carbocycles. The first-order valence-electron chi connectivity index (χ1n) is 7.74. The highest BCUT2D eigenvalue weighted by Crippen LogP contribution is 2.34. The molecule has 0 radical (unpaired) electrons. The Balaban J connectivity index is 1.83. The average Bonchev–Trinajstić information content (AvgIpc) is 2.99. The number of hydrogen-bond donors (Lipinski definition) is 1. The Hall–Kier alpha value is -2.24. The van der Waals surface area contributed by atoms with Crippen LogP contribution >= 0.6 is 23.2 Å². The van der Waals surface area contributed by atoms with E-state index in [9.17, 15) is 9.59 Å². The fraction of sp³-hybridized carbons (Fsp3) is 0.222. The highest BCUT2D eigenvalue weighted by molar-refractivity contribution is 6.35. The molecule has 0 atom stereocenters. The van der Waals surface area contributed by atoms with Gasteiger partial charge in [-0.1, -0.05) is 23.2 Å². The van der Waals surface area contributed by atoms with Gasteiger partial charge in [-0.3, -0.25) is 9.59 Å². The third kappa shape index (κ3) is 3.89. The summed E-state index contributed by atoms with van der Waals surface area (Å²) < 4.78 is 5.38. The van der Waals surface area contributed by atoms with E-state index in [1.54, 1.807) is 29.2 Å². The normalized spacial score (nSPS) is 13.9. The molecule has 0 unspecified atom stereocenters. The van der Waals surface area contributed by atoms with Gasteiger partial charge >= 0.3 is 0 Å². The number of anilines is 2. The highest BCUT2D eigenvalue weighted by atomic mass is 35.5. The van der Waals surface area contributed by atoms with Gasteiger partial charge in [-0.2, -0.15) is 0 Å². The Morgan fingerprint density at radius 1 is 1.16 bits per heavy atom. The Kier molecular flexibility index (Phi) is 5.16. The quantitative estimate of drug-likeness (QED) is 0.858. The van der Waals surface area contributed by atoms with E-state index in [-0.39, 0.29) is 11.8 Å². The lowest BCUT2D eigenvalue weighted by Gasteiger charge is -2.19. The van der Waals surface area contributed by atoms with E-state index in [0.717, 1.165) is 6.42 Å². The summed E-state index contributed by atoms with van der Waals surface area (Å²) in [6, 6.07) is 9.82. The van der Waals surface area contributed by atoms with Crippen LogP contribution in [0.25, 0.3) is 0 Å². The Morgan fingerprint density at radius 3 is 2.48 bits per heavy atom. The molecule has 1 aliphatic rings. The van der Waals surface area contributed by atoms with Gasteiger partial charge in [0, 0.05) is 40.3 Å². The van der Waals surface area contributed by atoms with Crippen LogP contribution in [0.2, 0.25) is 10.0 Å². The Labute approximate surface area is 155 Å². The summed E-state index contributed by atoms with van der Waals surface area (Å²) in [6.45, 7) is 0.669. The SMILES string of the molecule is COc1cc(NC(=O)c2cc(Cl)cc(Cl)c2)ccc1N1CCCC1=O. The monoisotopic (exact) mass is 378 g/mol. The minimum absolute atomic E-state index is 0.0728. The van der Waals surface area contributed by atoms with Crippen LogP contribution in [0.4, 0.5) is 11.4 Å². The zero-order valence-electron chi connectivity index (χ0n) is 13.5. The van der Waals surface area contributed by atoms with E-state index in [2.05, 4.69) is 5.32 Å². The maximum Gasteiger partial charge on any atom is 0.255 e. The molecule has 25 heavy (non-hydrogen) atoms. The Morgan fingerprint density at radius 2 is 1.88 bits per heavy atom. The molecule has 130 valence electrons. The predicted molar refractivity (Wildman–Crippen MR) is 99.0 cm³/mol. The molecule has 7 heteroatoms. The molecule has 1 fully saturated rings. The number of nitrogens with one attached hydrogen (secondary N) is 1. The number of halogens is 2. The number of benzene rings is 2. The molecule has 2 amide bonds. The number of carbonyl (C=O) groups is 2.